The SMILES string of the molecule is N#Cc1ccc(C(=O)Nc2cccc(-c3noc(-c4cccc(F)c4)n3)c2)cc1. The minimum atomic E-state index is -0.394. The normalized spacial score (nSPS) is 10.3. The van der Waals surface area contributed by atoms with Crippen molar-refractivity contribution in [1.29, 1.82) is 5.26 Å². The van der Waals surface area contributed by atoms with E-state index in [1.807, 2.05) is 6.07 Å². The van der Waals surface area contributed by atoms with Gasteiger partial charge in [-0.05, 0) is 54.6 Å². The fourth-order valence-corrected chi connectivity index (χ4v) is 2.71. The van der Waals surface area contributed by atoms with Crippen LogP contribution in [0.5, 0.6) is 0 Å². The highest BCUT2D eigenvalue weighted by Crippen LogP contribution is 2.24. The molecular formula is C22H13FN4O2. The highest BCUT2D eigenvalue weighted by atomic mass is 19.1. The third-order valence-corrected chi connectivity index (χ3v) is 4.15. The molecule has 1 N–H and O–H groups in total. The van der Waals surface area contributed by atoms with Crippen LogP contribution in [0.3, 0.4) is 0 Å². The fourth-order valence-electron chi connectivity index (χ4n) is 2.71. The molecule has 0 aliphatic rings. The van der Waals surface area contributed by atoms with E-state index in [-0.39, 0.29) is 11.8 Å². The summed E-state index contributed by atoms with van der Waals surface area (Å²) in [5.41, 5.74) is 2.58. The number of nitrogens with one attached hydrogen (secondary N) is 1. The van der Waals surface area contributed by atoms with Gasteiger partial charge in [-0.3, -0.25) is 4.79 Å². The van der Waals surface area contributed by atoms with Crippen LogP contribution in [0.2, 0.25) is 0 Å². The van der Waals surface area contributed by atoms with Gasteiger partial charge >= 0.3 is 0 Å². The maximum atomic E-state index is 13.4. The van der Waals surface area contributed by atoms with Gasteiger partial charge in [0.05, 0.1) is 11.6 Å². The van der Waals surface area contributed by atoms with Crippen LogP contribution in [-0.2, 0) is 0 Å². The molecule has 0 aliphatic carbocycles. The molecule has 0 radical (unpaired) electrons. The van der Waals surface area contributed by atoms with Crippen molar-refractivity contribution in [3.8, 4) is 28.9 Å². The zero-order chi connectivity index (χ0) is 20.2. The summed E-state index contributed by atoms with van der Waals surface area (Å²) in [6.07, 6.45) is 0. The Hall–Kier alpha value is -4.31. The van der Waals surface area contributed by atoms with Gasteiger partial charge in [-0.1, -0.05) is 23.4 Å². The molecule has 0 fully saturated rings. The lowest BCUT2D eigenvalue weighted by Crippen LogP contribution is -2.11. The number of nitriles is 1. The number of carbonyl (C=O) groups is 1. The Morgan fingerprint density at radius 3 is 2.52 bits per heavy atom. The highest BCUT2D eigenvalue weighted by molar-refractivity contribution is 6.04. The van der Waals surface area contributed by atoms with E-state index in [2.05, 4.69) is 15.5 Å². The fraction of sp³-hybridized carbons (Fsp3) is 0. The van der Waals surface area contributed by atoms with Gasteiger partial charge in [0.25, 0.3) is 11.8 Å². The molecule has 0 atom stereocenters. The lowest BCUT2D eigenvalue weighted by Gasteiger charge is -2.06. The number of hydrogen-bond acceptors (Lipinski definition) is 5. The number of carbonyl (C=O) groups excluding carboxylic acids is 1. The zero-order valence-corrected chi connectivity index (χ0v) is 15.0. The molecule has 7 heteroatoms. The van der Waals surface area contributed by atoms with Crippen LogP contribution >= 0.6 is 0 Å². The Kier molecular flexibility index (Phi) is 4.82. The monoisotopic (exact) mass is 384 g/mol. The Labute approximate surface area is 165 Å². The average Bonchev–Trinajstić information content (AvgIpc) is 3.24. The average molecular weight is 384 g/mol. The highest BCUT2D eigenvalue weighted by Gasteiger charge is 2.12. The summed E-state index contributed by atoms with van der Waals surface area (Å²) < 4.78 is 18.6. The standard InChI is InChI=1S/C22H13FN4O2/c23-18-5-1-4-17(11-18)22-26-20(27-29-22)16-3-2-6-19(12-16)25-21(28)15-9-7-14(13-24)8-10-15/h1-12H,(H,25,28). The van der Waals surface area contributed by atoms with Crippen molar-refractivity contribution < 1.29 is 13.7 Å². The number of hydrogen-bond donors (Lipinski definition) is 1. The second kappa shape index (κ2) is 7.74. The van der Waals surface area contributed by atoms with Crippen LogP contribution in [-0.4, -0.2) is 16.0 Å². The molecule has 29 heavy (non-hydrogen) atoms. The molecule has 0 unspecified atom stereocenters. The summed E-state index contributed by atoms with van der Waals surface area (Å²) in [5, 5.41) is 15.6. The van der Waals surface area contributed by atoms with Gasteiger partial charge in [0.1, 0.15) is 5.82 Å². The predicted octanol–water partition coefficient (Wildman–Crippen LogP) is 4.67. The lowest BCUT2D eigenvalue weighted by molar-refractivity contribution is 0.102. The van der Waals surface area contributed by atoms with Crippen molar-refractivity contribution in [2.45, 2.75) is 0 Å². The van der Waals surface area contributed by atoms with Gasteiger partial charge in [0.2, 0.25) is 5.82 Å². The predicted molar refractivity (Wildman–Crippen MR) is 104 cm³/mol. The van der Waals surface area contributed by atoms with Gasteiger partial charge in [0.15, 0.2) is 0 Å². The molecule has 4 aromatic rings. The van der Waals surface area contributed by atoms with E-state index in [4.69, 9.17) is 9.78 Å². The van der Waals surface area contributed by atoms with E-state index in [1.165, 1.54) is 12.1 Å². The molecule has 140 valence electrons. The van der Waals surface area contributed by atoms with Crippen LogP contribution in [0.1, 0.15) is 15.9 Å². The molecule has 0 bridgehead atoms. The van der Waals surface area contributed by atoms with E-state index in [0.717, 1.165) is 0 Å². The van der Waals surface area contributed by atoms with Gasteiger partial charge < -0.3 is 9.84 Å². The minimum absolute atomic E-state index is 0.200. The molecule has 6 nitrogen and oxygen atoms in total. The van der Waals surface area contributed by atoms with E-state index in [9.17, 15) is 9.18 Å². The number of anilines is 1. The van der Waals surface area contributed by atoms with Crippen molar-refractivity contribution in [2.75, 3.05) is 5.32 Å². The van der Waals surface area contributed by atoms with Crippen molar-refractivity contribution in [3.05, 3.63) is 89.7 Å². The Balaban J connectivity index is 1.54. The Morgan fingerprint density at radius 2 is 1.76 bits per heavy atom. The number of nitrogens with zero attached hydrogens (tertiary/aromatic N) is 3. The summed E-state index contributed by atoms with van der Waals surface area (Å²) in [6.45, 7) is 0. The van der Waals surface area contributed by atoms with Gasteiger partial charge in [0, 0.05) is 22.4 Å². The first-order valence-corrected chi connectivity index (χ1v) is 8.64. The number of benzene rings is 3. The summed E-state index contributed by atoms with van der Waals surface area (Å²) in [6, 6.07) is 21.2. The van der Waals surface area contributed by atoms with E-state index >= 15 is 0 Å². The second-order valence-corrected chi connectivity index (χ2v) is 6.16. The zero-order valence-electron chi connectivity index (χ0n) is 15.0. The molecule has 0 spiro atoms. The van der Waals surface area contributed by atoms with Crippen LogP contribution < -0.4 is 5.32 Å². The van der Waals surface area contributed by atoms with Gasteiger partial charge in [-0.25, -0.2) is 4.39 Å². The topological polar surface area (TPSA) is 91.8 Å². The van der Waals surface area contributed by atoms with Gasteiger partial charge in [-0.2, -0.15) is 10.2 Å². The van der Waals surface area contributed by atoms with Crippen molar-refractivity contribution >= 4 is 11.6 Å². The molecule has 1 heterocycles. The lowest BCUT2D eigenvalue weighted by atomic mass is 10.1. The molecule has 1 amide bonds. The van der Waals surface area contributed by atoms with Crippen LogP contribution in [0.15, 0.2) is 77.3 Å². The largest absolute Gasteiger partial charge is 0.334 e. The maximum Gasteiger partial charge on any atom is 0.258 e. The first-order valence-electron chi connectivity index (χ1n) is 8.64. The summed E-state index contributed by atoms with van der Waals surface area (Å²) in [5.74, 6) is -0.180. The number of amides is 1. The van der Waals surface area contributed by atoms with Crippen LogP contribution in [0.4, 0.5) is 10.1 Å². The van der Waals surface area contributed by atoms with Crippen LogP contribution in [0, 0.1) is 17.1 Å². The molecule has 0 saturated heterocycles. The molecule has 0 aliphatic heterocycles. The molecular weight excluding hydrogens is 371 g/mol. The number of halogens is 1. The van der Waals surface area contributed by atoms with Crippen molar-refractivity contribution in [1.82, 2.24) is 10.1 Å². The summed E-state index contributed by atoms with van der Waals surface area (Å²) >= 11 is 0. The minimum Gasteiger partial charge on any atom is -0.334 e. The number of aromatic nitrogens is 2. The molecule has 4 rings (SSSR count). The molecule has 0 saturated carbocycles. The molecule has 1 aromatic heterocycles. The van der Waals surface area contributed by atoms with E-state index in [0.29, 0.717) is 33.8 Å². The van der Waals surface area contributed by atoms with E-state index in [1.54, 1.807) is 60.7 Å². The summed E-state index contributed by atoms with van der Waals surface area (Å²) in [4.78, 5) is 16.7. The molecule has 3 aromatic carbocycles. The van der Waals surface area contributed by atoms with Crippen molar-refractivity contribution in [3.63, 3.8) is 0 Å². The first-order chi connectivity index (χ1) is 14.1. The van der Waals surface area contributed by atoms with Crippen molar-refractivity contribution in [2.24, 2.45) is 0 Å². The van der Waals surface area contributed by atoms with E-state index < -0.39 is 5.82 Å². The second-order valence-electron chi connectivity index (χ2n) is 6.16. The third-order valence-electron chi connectivity index (χ3n) is 4.15. The quantitative estimate of drug-likeness (QED) is 0.552. The first kappa shape index (κ1) is 18.1. The van der Waals surface area contributed by atoms with Crippen LogP contribution in [0.25, 0.3) is 22.8 Å². The maximum absolute atomic E-state index is 13.4. The smallest absolute Gasteiger partial charge is 0.258 e. The van der Waals surface area contributed by atoms with Gasteiger partial charge in [-0.15, -0.1) is 0 Å². The number of rotatable bonds is 4. The summed E-state index contributed by atoms with van der Waals surface area (Å²) in [7, 11) is 0. The Bertz CT molecular complexity index is 1230. The Morgan fingerprint density at radius 1 is 1.00 bits per heavy atom. The third kappa shape index (κ3) is 4.01.